The number of aromatic hydroxyl groups is 1. The van der Waals surface area contributed by atoms with Gasteiger partial charge >= 0.3 is 0 Å². The number of halogens is 2. The number of nitrogens with two attached hydrogens (primary N) is 1. The number of carbonyl (C=O) groups excluding carboxylic acids is 1. The van der Waals surface area contributed by atoms with Crippen LogP contribution in [0.5, 0.6) is 5.75 Å². The molecule has 1 amide bonds. The zero-order valence-corrected chi connectivity index (χ0v) is 11.9. The molecule has 0 aliphatic rings. The number of pyridine rings is 1. The molecule has 0 aliphatic heterocycles. The first-order valence-corrected chi connectivity index (χ1v) is 6.35. The Morgan fingerprint density at radius 2 is 2.16 bits per heavy atom. The zero-order chi connectivity index (χ0) is 14.0. The van der Waals surface area contributed by atoms with Gasteiger partial charge in [0, 0.05) is 16.4 Å². The van der Waals surface area contributed by atoms with Crippen LogP contribution in [0.1, 0.15) is 10.4 Å². The fourth-order valence-electron chi connectivity index (χ4n) is 1.44. The lowest BCUT2D eigenvalue weighted by Gasteiger charge is -2.09. The summed E-state index contributed by atoms with van der Waals surface area (Å²) in [6.45, 7) is 0. The van der Waals surface area contributed by atoms with E-state index in [1.807, 2.05) is 0 Å². The minimum Gasteiger partial charge on any atom is -0.508 e. The summed E-state index contributed by atoms with van der Waals surface area (Å²) < 4.78 is 0.677. The molecule has 0 saturated carbocycles. The number of nitrogens with zero attached hydrogens (tertiary/aromatic N) is 1. The second kappa shape index (κ2) is 5.46. The molecule has 1 aromatic heterocycles. The van der Waals surface area contributed by atoms with Crippen molar-refractivity contribution in [1.82, 2.24) is 4.98 Å². The summed E-state index contributed by atoms with van der Waals surface area (Å²) >= 11 is 9.10. The fraction of sp³-hybridized carbons (Fsp3) is 0. The van der Waals surface area contributed by atoms with Crippen LogP contribution in [0.4, 0.5) is 11.4 Å². The number of anilines is 2. The van der Waals surface area contributed by atoms with Gasteiger partial charge in [0.1, 0.15) is 5.75 Å². The third kappa shape index (κ3) is 3.15. The van der Waals surface area contributed by atoms with Gasteiger partial charge in [-0.3, -0.25) is 4.79 Å². The van der Waals surface area contributed by atoms with E-state index in [1.54, 1.807) is 6.07 Å². The number of aromatic nitrogens is 1. The smallest absolute Gasteiger partial charge is 0.257 e. The van der Waals surface area contributed by atoms with Crippen molar-refractivity contribution >= 4 is 44.8 Å². The van der Waals surface area contributed by atoms with Crippen molar-refractivity contribution in [2.24, 2.45) is 0 Å². The largest absolute Gasteiger partial charge is 0.508 e. The minimum atomic E-state index is -0.477. The molecule has 1 heterocycles. The number of rotatable bonds is 2. The molecule has 0 unspecified atom stereocenters. The molecule has 0 aliphatic carbocycles. The topological polar surface area (TPSA) is 88.2 Å². The minimum absolute atomic E-state index is 0.0437. The Morgan fingerprint density at radius 3 is 2.89 bits per heavy atom. The van der Waals surface area contributed by atoms with Gasteiger partial charge in [0.25, 0.3) is 5.91 Å². The molecule has 2 aromatic rings. The van der Waals surface area contributed by atoms with Crippen molar-refractivity contribution in [1.29, 1.82) is 0 Å². The van der Waals surface area contributed by atoms with Crippen LogP contribution in [-0.4, -0.2) is 16.0 Å². The van der Waals surface area contributed by atoms with Gasteiger partial charge in [-0.1, -0.05) is 11.6 Å². The van der Waals surface area contributed by atoms with Crippen LogP contribution in [0, 0.1) is 0 Å². The number of amides is 1. The fourth-order valence-corrected chi connectivity index (χ4v) is 1.92. The highest BCUT2D eigenvalue weighted by Gasteiger charge is 2.13. The van der Waals surface area contributed by atoms with E-state index in [4.69, 9.17) is 17.3 Å². The van der Waals surface area contributed by atoms with Crippen molar-refractivity contribution in [2.45, 2.75) is 0 Å². The predicted octanol–water partition coefficient (Wildman–Crippen LogP) is 3.04. The molecule has 5 nitrogen and oxygen atoms in total. The van der Waals surface area contributed by atoms with Crippen LogP contribution in [0.2, 0.25) is 5.15 Å². The molecule has 98 valence electrons. The van der Waals surface area contributed by atoms with Crippen LogP contribution in [0.15, 0.2) is 34.9 Å². The van der Waals surface area contributed by atoms with Crippen molar-refractivity contribution in [3.63, 3.8) is 0 Å². The molecule has 0 spiro atoms. The molecule has 7 heteroatoms. The highest BCUT2D eigenvalue weighted by Crippen LogP contribution is 2.25. The number of benzene rings is 1. The first kappa shape index (κ1) is 13.6. The van der Waals surface area contributed by atoms with Crippen LogP contribution in [0.25, 0.3) is 0 Å². The number of nitrogens with one attached hydrogen (secondary N) is 1. The maximum absolute atomic E-state index is 12.0. The number of nitrogen functional groups attached to an aromatic ring is 1. The lowest BCUT2D eigenvalue weighted by Crippen LogP contribution is -2.14. The molecular formula is C12H9BrClN3O2. The average molecular weight is 343 g/mol. The van der Waals surface area contributed by atoms with Gasteiger partial charge in [0.2, 0.25) is 0 Å². The Labute approximate surface area is 122 Å². The summed E-state index contributed by atoms with van der Waals surface area (Å²) in [6.07, 6.45) is 1.51. The number of hydrogen-bond acceptors (Lipinski definition) is 4. The molecule has 2 rings (SSSR count). The van der Waals surface area contributed by atoms with Crippen molar-refractivity contribution in [3.05, 3.63) is 45.7 Å². The Balaban J connectivity index is 2.30. The Bertz CT molecular complexity index is 649. The van der Waals surface area contributed by atoms with Gasteiger partial charge in [0.05, 0.1) is 11.3 Å². The van der Waals surface area contributed by atoms with E-state index in [1.165, 1.54) is 24.4 Å². The van der Waals surface area contributed by atoms with E-state index in [-0.39, 0.29) is 22.2 Å². The molecule has 0 radical (unpaired) electrons. The standard InChI is InChI=1S/C12H9BrClN3O2/c13-6-3-10(11(14)16-5-6)17-12(19)8-4-7(18)1-2-9(8)15/h1-5,18H,15H2,(H,17,19). The first-order chi connectivity index (χ1) is 8.97. The zero-order valence-electron chi connectivity index (χ0n) is 9.52. The van der Waals surface area contributed by atoms with Gasteiger partial charge in [-0.25, -0.2) is 4.98 Å². The van der Waals surface area contributed by atoms with Crippen molar-refractivity contribution in [2.75, 3.05) is 11.1 Å². The molecule has 19 heavy (non-hydrogen) atoms. The summed E-state index contributed by atoms with van der Waals surface area (Å²) in [7, 11) is 0. The summed E-state index contributed by atoms with van der Waals surface area (Å²) in [6, 6.07) is 5.75. The van der Waals surface area contributed by atoms with E-state index < -0.39 is 5.91 Å². The summed E-state index contributed by atoms with van der Waals surface area (Å²) in [4.78, 5) is 15.9. The van der Waals surface area contributed by atoms with Crippen molar-refractivity contribution in [3.8, 4) is 5.75 Å². The second-order valence-electron chi connectivity index (χ2n) is 3.72. The molecule has 0 atom stereocenters. The highest BCUT2D eigenvalue weighted by molar-refractivity contribution is 9.10. The van der Waals surface area contributed by atoms with E-state index in [0.29, 0.717) is 10.2 Å². The van der Waals surface area contributed by atoms with Crippen LogP contribution >= 0.6 is 27.5 Å². The molecule has 0 bridgehead atoms. The first-order valence-electron chi connectivity index (χ1n) is 5.18. The number of hydrogen-bond donors (Lipinski definition) is 3. The van der Waals surface area contributed by atoms with Crippen LogP contribution in [-0.2, 0) is 0 Å². The number of phenolic OH excluding ortho intramolecular Hbond substituents is 1. The van der Waals surface area contributed by atoms with E-state index in [0.717, 1.165) is 0 Å². The third-order valence-corrected chi connectivity index (χ3v) is 3.07. The molecular weight excluding hydrogens is 334 g/mol. The molecule has 0 saturated heterocycles. The molecule has 1 aromatic carbocycles. The average Bonchev–Trinajstić information content (AvgIpc) is 2.36. The maximum atomic E-state index is 12.0. The Hall–Kier alpha value is -1.79. The SMILES string of the molecule is Nc1ccc(O)cc1C(=O)Nc1cc(Br)cnc1Cl. The second-order valence-corrected chi connectivity index (χ2v) is 4.99. The van der Waals surface area contributed by atoms with E-state index in [2.05, 4.69) is 26.2 Å². The van der Waals surface area contributed by atoms with Crippen LogP contribution < -0.4 is 11.1 Å². The van der Waals surface area contributed by atoms with Gasteiger partial charge in [-0.05, 0) is 40.2 Å². The van der Waals surface area contributed by atoms with E-state index >= 15 is 0 Å². The summed E-state index contributed by atoms with van der Waals surface area (Å²) in [5.74, 6) is -0.520. The van der Waals surface area contributed by atoms with E-state index in [9.17, 15) is 9.90 Å². The normalized spacial score (nSPS) is 10.2. The summed E-state index contributed by atoms with van der Waals surface area (Å²) in [5.41, 5.74) is 6.45. The quantitative estimate of drug-likeness (QED) is 0.445. The predicted molar refractivity (Wildman–Crippen MR) is 77.4 cm³/mol. The highest BCUT2D eigenvalue weighted by atomic mass is 79.9. The lowest BCUT2D eigenvalue weighted by atomic mass is 10.1. The Morgan fingerprint density at radius 1 is 1.42 bits per heavy atom. The number of carbonyl (C=O) groups is 1. The monoisotopic (exact) mass is 341 g/mol. The van der Waals surface area contributed by atoms with Gasteiger partial charge in [0.15, 0.2) is 5.15 Å². The third-order valence-electron chi connectivity index (χ3n) is 2.34. The molecule has 4 N–H and O–H groups in total. The van der Waals surface area contributed by atoms with Crippen molar-refractivity contribution < 1.29 is 9.90 Å². The Kier molecular flexibility index (Phi) is 3.92. The maximum Gasteiger partial charge on any atom is 0.257 e. The van der Waals surface area contributed by atoms with Gasteiger partial charge < -0.3 is 16.2 Å². The molecule has 0 fully saturated rings. The number of phenols is 1. The van der Waals surface area contributed by atoms with Crippen LogP contribution in [0.3, 0.4) is 0 Å². The summed E-state index contributed by atoms with van der Waals surface area (Å²) in [5, 5.41) is 12.1. The van der Waals surface area contributed by atoms with Gasteiger partial charge in [-0.2, -0.15) is 0 Å². The lowest BCUT2D eigenvalue weighted by molar-refractivity contribution is 0.102. The van der Waals surface area contributed by atoms with Gasteiger partial charge in [-0.15, -0.1) is 0 Å².